The lowest BCUT2D eigenvalue weighted by atomic mass is 10.2. The molecule has 84 valence electrons. The normalized spacial score (nSPS) is 20.4. The maximum atomic E-state index is 11.9. The van der Waals surface area contributed by atoms with Crippen LogP contribution in [0.15, 0.2) is 17.5 Å². The van der Waals surface area contributed by atoms with Gasteiger partial charge in [0.2, 0.25) is 0 Å². The van der Waals surface area contributed by atoms with Crippen molar-refractivity contribution >= 4 is 38.0 Å². The second kappa shape index (κ2) is 4.16. The lowest BCUT2D eigenvalue weighted by molar-refractivity contribution is 0.0944. The van der Waals surface area contributed by atoms with Crippen LogP contribution in [0.2, 0.25) is 0 Å². The smallest absolute Gasteiger partial charge is 0.261 e. The molecular weight excluding hydrogens is 240 g/mol. The summed E-state index contributed by atoms with van der Waals surface area (Å²) in [5.41, 5.74) is 0. The number of carbonyl (C=O) groups is 1. The minimum absolute atomic E-state index is 0.0714. The molecule has 2 N–H and O–H groups in total. The van der Waals surface area contributed by atoms with Crippen molar-refractivity contribution in [1.82, 2.24) is 10.6 Å². The molecule has 0 radical (unpaired) electrons. The average Bonchev–Trinajstić information content (AvgIpc) is 2.91. The Morgan fingerprint density at radius 3 is 3.19 bits per heavy atom. The highest BCUT2D eigenvalue weighted by molar-refractivity contribution is 7.27. The molecule has 0 saturated carbocycles. The molecule has 2 aromatic rings. The molecule has 0 aromatic carbocycles. The first-order valence-electron chi connectivity index (χ1n) is 5.31. The monoisotopic (exact) mass is 252 g/mol. The molecule has 0 aliphatic carbocycles. The van der Waals surface area contributed by atoms with E-state index in [0.29, 0.717) is 6.04 Å². The quantitative estimate of drug-likeness (QED) is 0.859. The van der Waals surface area contributed by atoms with E-state index in [1.807, 2.05) is 6.07 Å². The molecule has 0 spiro atoms. The van der Waals surface area contributed by atoms with Gasteiger partial charge in [0.05, 0.1) is 4.88 Å². The standard InChI is InChI=1S/C11H12N2OS2/c14-11(13-7-1-3-12-6-7)10-5-9-8(16-10)2-4-15-9/h2,4-5,7,12H,1,3,6H2,(H,13,14)/t7-/m0/s1. The summed E-state index contributed by atoms with van der Waals surface area (Å²) >= 11 is 3.26. The zero-order valence-corrected chi connectivity index (χ0v) is 10.3. The van der Waals surface area contributed by atoms with Gasteiger partial charge >= 0.3 is 0 Å². The first kappa shape index (κ1) is 10.3. The third kappa shape index (κ3) is 1.86. The third-order valence-corrected chi connectivity index (χ3v) is 4.85. The summed E-state index contributed by atoms with van der Waals surface area (Å²) in [6.45, 7) is 1.90. The van der Waals surface area contributed by atoms with Crippen LogP contribution in [-0.2, 0) is 0 Å². The van der Waals surface area contributed by atoms with Crippen molar-refractivity contribution in [3.63, 3.8) is 0 Å². The van der Waals surface area contributed by atoms with E-state index in [9.17, 15) is 4.79 Å². The highest BCUT2D eigenvalue weighted by Gasteiger charge is 2.18. The number of fused-ring (bicyclic) bond motifs is 1. The highest BCUT2D eigenvalue weighted by Crippen LogP contribution is 2.29. The summed E-state index contributed by atoms with van der Waals surface area (Å²) in [6.07, 6.45) is 1.03. The van der Waals surface area contributed by atoms with Gasteiger partial charge in [0.15, 0.2) is 0 Å². The van der Waals surface area contributed by atoms with Crippen LogP contribution in [0.3, 0.4) is 0 Å². The van der Waals surface area contributed by atoms with Crippen molar-refractivity contribution in [1.29, 1.82) is 0 Å². The second-order valence-electron chi connectivity index (χ2n) is 3.92. The molecule has 3 nitrogen and oxygen atoms in total. The van der Waals surface area contributed by atoms with Crippen LogP contribution < -0.4 is 10.6 Å². The Morgan fingerprint density at radius 2 is 2.44 bits per heavy atom. The van der Waals surface area contributed by atoms with Crippen LogP contribution in [0.5, 0.6) is 0 Å². The Balaban J connectivity index is 1.76. The van der Waals surface area contributed by atoms with Gasteiger partial charge in [0.1, 0.15) is 0 Å². The number of amides is 1. The number of rotatable bonds is 2. The van der Waals surface area contributed by atoms with Gasteiger partial charge in [-0.15, -0.1) is 22.7 Å². The topological polar surface area (TPSA) is 41.1 Å². The molecule has 1 saturated heterocycles. The third-order valence-electron chi connectivity index (χ3n) is 2.76. The summed E-state index contributed by atoms with van der Waals surface area (Å²) in [5.74, 6) is 0.0714. The van der Waals surface area contributed by atoms with Gasteiger partial charge in [-0.1, -0.05) is 0 Å². The largest absolute Gasteiger partial charge is 0.347 e. The number of thiophene rings is 2. The summed E-state index contributed by atoms with van der Waals surface area (Å²) in [4.78, 5) is 12.8. The van der Waals surface area contributed by atoms with Crippen molar-refractivity contribution in [3.8, 4) is 0 Å². The van der Waals surface area contributed by atoms with Gasteiger partial charge in [-0.05, 0) is 30.5 Å². The maximum Gasteiger partial charge on any atom is 0.261 e. The first-order valence-corrected chi connectivity index (χ1v) is 7.01. The SMILES string of the molecule is O=C(N[C@H]1CCNC1)c1cc2sccc2s1. The fourth-order valence-electron chi connectivity index (χ4n) is 1.91. The number of hydrogen-bond donors (Lipinski definition) is 2. The maximum absolute atomic E-state index is 11.9. The van der Waals surface area contributed by atoms with E-state index in [4.69, 9.17) is 0 Å². The lowest BCUT2D eigenvalue weighted by Crippen LogP contribution is -2.35. The molecule has 1 amide bonds. The Bertz CT molecular complexity index is 482. The second-order valence-corrected chi connectivity index (χ2v) is 5.95. The Kier molecular flexibility index (Phi) is 2.67. The molecule has 0 unspecified atom stereocenters. The van der Waals surface area contributed by atoms with E-state index in [0.717, 1.165) is 24.4 Å². The van der Waals surface area contributed by atoms with Crippen LogP contribution in [0.1, 0.15) is 16.1 Å². The fraction of sp³-hybridized carbons (Fsp3) is 0.364. The average molecular weight is 252 g/mol. The zero-order chi connectivity index (χ0) is 11.0. The summed E-state index contributed by atoms with van der Waals surface area (Å²) in [6, 6.07) is 4.36. The van der Waals surface area contributed by atoms with Crippen LogP contribution >= 0.6 is 22.7 Å². The molecule has 2 aromatic heterocycles. The minimum Gasteiger partial charge on any atom is -0.347 e. The minimum atomic E-state index is 0.0714. The Hall–Kier alpha value is -0.910. The Labute approximate surface area is 101 Å². The lowest BCUT2D eigenvalue weighted by Gasteiger charge is -2.09. The van der Waals surface area contributed by atoms with Gasteiger partial charge in [0, 0.05) is 22.0 Å². The van der Waals surface area contributed by atoms with Crippen molar-refractivity contribution in [3.05, 3.63) is 22.4 Å². The van der Waals surface area contributed by atoms with E-state index in [-0.39, 0.29) is 5.91 Å². The summed E-state index contributed by atoms with van der Waals surface area (Å²) in [5, 5.41) is 8.36. The molecule has 5 heteroatoms. The van der Waals surface area contributed by atoms with E-state index in [1.165, 1.54) is 9.40 Å². The fourth-order valence-corrected chi connectivity index (χ4v) is 3.92. The molecule has 1 atom stereocenters. The van der Waals surface area contributed by atoms with Crippen LogP contribution in [0.25, 0.3) is 9.40 Å². The number of carbonyl (C=O) groups excluding carboxylic acids is 1. The molecule has 16 heavy (non-hydrogen) atoms. The Morgan fingerprint density at radius 1 is 1.50 bits per heavy atom. The van der Waals surface area contributed by atoms with E-state index in [1.54, 1.807) is 22.7 Å². The van der Waals surface area contributed by atoms with Gasteiger partial charge < -0.3 is 10.6 Å². The zero-order valence-electron chi connectivity index (χ0n) is 8.66. The van der Waals surface area contributed by atoms with Crippen molar-refractivity contribution in [2.75, 3.05) is 13.1 Å². The molecule has 1 aliphatic rings. The summed E-state index contributed by atoms with van der Waals surface area (Å²) < 4.78 is 2.42. The molecular formula is C11H12N2OS2. The first-order chi connectivity index (χ1) is 7.83. The van der Waals surface area contributed by atoms with Gasteiger partial charge in [-0.3, -0.25) is 4.79 Å². The predicted molar refractivity (Wildman–Crippen MR) is 68.4 cm³/mol. The molecule has 0 bridgehead atoms. The van der Waals surface area contributed by atoms with Crippen molar-refractivity contribution in [2.45, 2.75) is 12.5 Å². The number of nitrogens with one attached hydrogen (secondary N) is 2. The molecule has 1 aliphatic heterocycles. The van der Waals surface area contributed by atoms with Crippen LogP contribution in [0.4, 0.5) is 0 Å². The number of hydrogen-bond acceptors (Lipinski definition) is 4. The molecule has 3 heterocycles. The highest BCUT2D eigenvalue weighted by atomic mass is 32.1. The molecule has 3 rings (SSSR count). The van der Waals surface area contributed by atoms with Crippen LogP contribution in [0, 0.1) is 0 Å². The van der Waals surface area contributed by atoms with Gasteiger partial charge in [0.25, 0.3) is 5.91 Å². The van der Waals surface area contributed by atoms with Gasteiger partial charge in [-0.2, -0.15) is 0 Å². The summed E-state index contributed by atoms with van der Waals surface area (Å²) in [7, 11) is 0. The predicted octanol–water partition coefficient (Wildman–Crippen LogP) is 2.05. The van der Waals surface area contributed by atoms with Crippen molar-refractivity contribution < 1.29 is 4.79 Å². The van der Waals surface area contributed by atoms with E-state index >= 15 is 0 Å². The van der Waals surface area contributed by atoms with Crippen LogP contribution in [-0.4, -0.2) is 25.0 Å². The van der Waals surface area contributed by atoms with E-state index < -0.39 is 0 Å². The van der Waals surface area contributed by atoms with E-state index in [2.05, 4.69) is 22.1 Å². The van der Waals surface area contributed by atoms with Crippen molar-refractivity contribution in [2.24, 2.45) is 0 Å². The molecule has 1 fully saturated rings. The van der Waals surface area contributed by atoms with Gasteiger partial charge in [-0.25, -0.2) is 0 Å².